The molecule has 1 amide bonds. The van der Waals surface area contributed by atoms with Crippen LogP contribution in [0.25, 0.3) is 0 Å². The van der Waals surface area contributed by atoms with Gasteiger partial charge in [-0.05, 0) is 19.3 Å². The summed E-state index contributed by atoms with van der Waals surface area (Å²) in [5.74, 6) is -1.68. The molecule has 2 atom stereocenters. The van der Waals surface area contributed by atoms with Gasteiger partial charge in [0.2, 0.25) is 0 Å². The Morgan fingerprint density at radius 2 is 2.22 bits per heavy atom. The summed E-state index contributed by atoms with van der Waals surface area (Å²) in [6.45, 7) is 0. The van der Waals surface area contributed by atoms with Crippen LogP contribution in [0.5, 0.6) is 0 Å². The van der Waals surface area contributed by atoms with E-state index >= 15 is 0 Å². The molecule has 1 aromatic heterocycles. The molecule has 100 valence electrons. The number of aromatic nitrogens is 2. The Morgan fingerprint density at radius 3 is 2.83 bits per heavy atom. The SMILES string of the molecule is O=C(NC1CCCC(C(F)(F)F)C1)c1cn[nH]c1. The Bertz CT molecular complexity index is 402. The molecule has 2 unspecified atom stereocenters. The molecule has 4 nitrogen and oxygen atoms in total. The number of rotatable bonds is 2. The van der Waals surface area contributed by atoms with Crippen molar-refractivity contribution < 1.29 is 18.0 Å². The second kappa shape index (κ2) is 4.99. The molecular weight excluding hydrogens is 247 g/mol. The Kier molecular flexibility index (Phi) is 3.58. The van der Waals surface area contributed by atoms with Crippen molar-refractivity contribution in [3.05, 3.63) is 18.0 Å². The molecule has 0 aliphatic heterocycles. The molecule has 2 rings (SSSR count). The van der Waals surface area contributed by atoms with E-state index in [1.165, 1.54) is 12.4 Å². The van der Waals surface area contributed by atoms with Gasteiger partial charge in [-0.2, -0.15) is 18.3 Å². The maximum absolute atomic E-state index is 12.6. The fraction of sp³-hybridized carbons (Fsp3) is 0.636. The van der Waals surface area contributed by atoms with Crippen LogP contribution >= 0.6 is 0 Å². The van der Waals surface area contributed by atoms with E-state index in [1.54, 1.807) is 0 Å². The first-order valence-electron chi connectivity index (χ1n) is 5.83. The summed E-state index contributed by atoms with van der Waals surface area (Å²) in [6, 6.07) is -0.409. The van der Waals surface area contributed by atoms with Crippen LogP contribution in [-0.2, 0) is 0 Å². The van der Waals surface area contributed by atoms with E-state index < -0.39 is 18.1 Å². The number of amides is 1. The molecule has 1 aromatic rings. The summed E-state index contributed by atoms with van der Waals surface area (Å²) in [5, 5.41) is 8.74. The lowest BCUT2D eigenvalue weighted by Crippen LogP contribution is -2.41. The Hall–Kier alpha value is -1.53. The van der Waals surface area contributed by atoms with E-state index in [-0.39, 0.29) is 18.7 Å². The van der Waals surface area contributed by atoms with Crippen molar-refractivity contribution >= 4 is 5.91 Å². The lowest BCUT2D eigenvalue weighted by atomic mass is 9.85. The topological polar surface area (TPSA) is 57.8 Å². The molecule has 18 heavy (non-hydrogen) atoms. The molecular formula is C11H14F3N3O. The average molecular weight is 261 g/mol. The normalized spacial score (nSPS) is 24.8. The van der Waals surface area contributed by atoms with Gasteiger partial charge in [-0.1, -0.05) is 6.42 Å². The van der Waals surface area contributed by atoms with Crippen molar-refractivity contribution in [2.45, 2.75) is 37.9 Å². The van der Waals surface area contributed by atoms with Gasteiger partial charge in [0.15, 0.2) is 0 Å². The number of aromatic amines is 1. The lowest BCUT2D eigenvalue weighted by Gasteiger charge is -2.30. The van der Waals surface area contributed by atoms with Gasteiger partial charge in [-0.3, -0.25) is 9.89 Å². The van der Waals surface area contributed by atoms with Gasteiger partial charge in [0.05, 0.1) is 17.7 Å². The van der Waals surface area contributed by atoms with Crippen LogP contribution in [0.4, 0.5) is 13.2 Å². The van der Waals surface area contributed by atoms with E-state index in [4.69, 9.17) is 0 Å². The Labute approximate surface area is 102 Å². The van der Waals surface area contributed by atoms with E-state index in [1.807, 2.05) is 0 Å². The van der Waals surface area contributed by atoms with Gasteiger partial charge in [0, 0.05) is 12.2 Å². The fourth-order valence-electron chi connectivity index (χ4n) is 2.26. The van der Waals surface area contributed by atoms with Crippen molar-refractivity contribution in [1.82, 2.24) is 15.5 Å². The van der Waals surface area contributed by atoms with Gasteiger partial charge in [0.1, 0.15) is 0 Å². The number of hydrogen-bond acceptors (Lipinski definition) is 2. The van der Waals surface area contributed by atoms with Crippen LogP contribution in [0.1, 0.15) is 36.0 Å². The number of H-pyrrole nitrogens is 1. The molecule has 1 heterocycles. The third-order valence-corrected chi connectivity index (χ3v) is 3.23. The zero-order chi connectivity index (χ0) is 13.2. The molecule has 0 saturated heterocycles. The molecule has 0 aromatic carbocycles. The zero-order valence-corrected chi connectivity index (χ0v) is 9.63. The molecule has 0 spiro atoms. The molecule has 7 heteroatoms. The van der Waals surface area contributed by atoms with Gasteiger partial charge >= 0.3 is 6.18 Å². The highest BCUT2D eigenvalue weighted by Crippen LogP contribution is 2.37. The monoisotopic (exact) mass is 261 g/mol. The Morgan fingerprint density at radius 1 is 1.44 bits per heavy atom. The highest BCUT2D eigenvalue weighted by molar-refractivity contribution is 5.93. The smallest absolute Gasteiger partial charge is 0.349 e. The number of nitrogens with zero attached hydrogens (tertiary/aromatic N) is 1. The third-order valence-electron chi connectivity index (χ3n) is 3.23. The van der Waals surface area contributed by atoms with Crippen LogP contribution in [0.3, 0.4) is 0 Å². The average Bonchev–Trinajstić information content (AvgIpc) is 2.81. The van der Waals surface area contributed by atoms with Crippen LogP contribution in [0.2, 0.25) is 0 Å². The van der Waals surface area contributed by atoms with Crippen LogP contribution in [0, 0.1) is 5.92 Å². The zero-order valence-electron chi connectivity index (χ0n) is 9.63. The second-order valence-electron chi connectivity index (χ2n) is 4.56. The maximum Gasteiger partial charge on any atom is 0.391 e. The lowest BCUT2D eigenvalue weighted by molar-refractivity contribution is -0.183. The van der Waals surface area contributed by atoms with Crippen molar-refractivity contribution in [2.75, 3.05) is 0 Å². The summed E-state index contributed by atoms with van der Waals surface area (Å²) in [4.78, 5) is 11.7. The molecule has 1 fully saturated rings. The standard InChI is InChI=1S/C11H14F3N3O/c12-11(13,14)8-2-1-3-9(4-8)17-10(18)7-5-15-16-6-7/h5-6,8-9H,1-4H2,(H,15,16)(H,17,18). The van der Waals surface area contributed by atoms with E-state index in [0.29, 0.717) is 18.4 Å². The first kappa shape index (κ1) is 12.9. The summed E-state index contributed by atoms with van der Waals surface area (Å²) in [5.41, 5.74) is 0.337. The fourth-order valence-corrected chi connectivity index (χ4v) is 2.26. The van der Waals surface area contributed by atoms with Crippen LogP contribution < -0.4 is 5.32 Å². The Balaban J connectivity index is 1.92. The number of halogens is 3. The molecule has 1 saturated carbocycles. The quantitative estimate of drug-likeness (QED) is 0.858. The minimum absolute atomic E-state index is 0.0346. The van der Waals surface area contributed by atoms with Gasteiger partial charge in [0.25, 0.3) is 5.91 Å². The third kappa shape index (κ3) is 3.02. The molecule has 0 radical (unpaired) electrons. The van der Waals surface area contributed by atoms with Gasteiger partial charge < -0.3 is 5.32 Å². The number of alkyl halides is 3. The summed E-state index contributed by atoms with van der Waals surface area (Å²) in [7, 11) is 0. The first-order chi connectivity index (χ1) is 8.47. The number of hydrogen-bond donors (Lipinski definition) is 2. The van der Waals surface area contributed by atoms with Gasteiger partial charge in [-0.25, -0.2) is 0 Å². The van der Waals surface area contributed by atoms with Crippen molar-refractivity contribution in [3.8, 4) is 0 Å². The largest absolute Gasteiger partial charge is 0.391 e. The predicted molar refractivity (Wildman–Crippen MR) is 57.9 cm³/mol. The number of carbonyl (C=O) groups excluding carboxylic acids is 1. The predicted octanol–water partition coefficient (Wildman–Crippen LogP) is 2.26. The van der Waals surface area contributed by atoms with E-state index in [2.05, 4.69) is 15.5 Å². The first-order valence-corrected chi connectivity index (χ1v) is 5.83. The van der Waals surface area contributed by atoms with E-state index in [9.17, 15) is 18.0 Å². The van der Waals surface area contributed by atoms with E-state index in [0.717, 1.165) is 0 Å². The van der Waals surface area contributed by atoms with Crippen LogP contribution in [0.15, 0.2) is 12.4 Å². The summed E-state index contributed by atoms with van der Waals surface area (Å²) < 4.78 is 37.8. The summed E-state index contributed by atoms with van der Waals surface area (Å²) >= 11 is 0. The van der Waals surface area contributed by atoms with Crippen LogP contribution in [-0.4, -0.2) is 28.3 Å². The molecule has 1 aliphatic rings. The summed E-state index contributed by atoms with van der Waals surface area (Å²) in [6.07, 6.45) is -0.205. The molecule has 0 bridgehead atoms. The van der Waals surface area contributed by atoms with Gasteiger partial charge in [-0.15, -0.1) is 0 Å². The second-order valence-corrected chi connectivity index (χ2v) is 4.56. The minimum atomic E-state index is -4.17. The highest BCUT2D eigenvalue weighted by atomic mass is 19.4. The van der Waals surface area contributed by atoms with Crippen molar-refractivity contribution in [3.63, 3.8) is 0 Å². The molecule has 2 N–H and O–H groups in total. The number of nitrogens with one attached hydrogen (secondary N) is 2. The number of carbonyl (C=O) groups is 1. The maximum atomic E-state index is 12.6. The van der Waals surface area contributed by atoms with Crippen molar-refractivity contribution in [1.29, 1.82) is 0 Å². The minimum Gasteiger partial charge on any atom is -0.349 e. The highest BCUT2D eigenvalue weighted by Gasteiger charge is 2.42. The molecule has 1 aliphatic carbocycles. The van der Waals surface area contributed by atoms with Crippen molar-refractivity contribution in [2.24, 2.45) is 5.92 Å².